The van der Waals surface area contributed by atoms with Crippen LogP contribution in [-0.2, 0) is 45.8 Å². The number of hydrogen-bond donors (Lipinski definition) is 0. The summed E-state index contributed by atoms with van der Waals surface area (Å²) in [5.74, 6) is 0. The number of pyridine rings is 3. The fraction of sp³-hybridized carbons (Fsp3) is 0.0930. The molecule has 0 N–H and O–H groups in total. The van der Waals surface area contributed by atoms with Gasteiger partial charge in [0.15, 0.2) is 0 Å². The molecule has 0 bridgehead atoms. The molecule has 0 unspecified atom stereocenters. The Bertz CT molecular complexity index is 1760. The number of rotatable bonds is 9. The number of aryl methyl sites for hydroxylation is 4. The maximum atomic E-state index is 4.63. The number of hydrogen-bond acceptors (Lipinski definition) is 3. The summed E-state index contributed by atoms with van der Waals surface area (Å²) in [6.07, 6.45) is 9.75. The van der Waals surface area contributed by atoms with Gasteiger partial charge < -0.3 is 15.0 Å². The van der Waals surface area contributed by atoms with E-state index >= 15 is 0 Å². The van der Waals surface area contributed by atoms with Gasteiger partial charge in [0.25, 0.3) is 0 Å². The number of nitrogens with zero attached hydrogens (tertiary/aromatic N) is 3. The van der Waals surface area contributed by atoms with E-state index in [2.05, 4.69) is 81.7 Å². The minimum atomic E-state index is 0. The van der Waals surface area contributed by atoms with Crippen molar-refractivity contribution < 1.29 is 20.1 Å². The van der Waals surface area contributed by atoms with Gasteiger partial charge in [0, 0.05) is 18.6 Å². The molecule has 7 aromatic rings. The molecular formula is C43H34IrN3. The van der Waals surface area contributed by atoms with E-state index in [1.54, 1.807) is 6.20 Å². The molecule has 0 spiro atoms. The van der Waals surface area contributed by atoms with E-state index in [-0.39, 0.29) is 20.1 Å². The van der Waals surface area contributed by atoms with Crippen molar-refractivity contribution in [1.29, 1.82) is 0 Å². The first-order chi connectivity index (χ1) is 22.8. The Kier molecular flexibility index (Phi) is 12.5. The third-order valence-electron chi connectivity index (χ3n) is 7.67. The van der Waals surface area contributed by atoms with Gasteiger partial charge in [-0.2, -0.15) is 0 Å². The first kappa shape index (κ1) is 33.3. The van der Waals surface area contributed by atoms with Gasteiger partial charge in [0.1, 0.15) is 0 Å². The Hall–Kier alpha value is -5.02. The van der Waals surface area contributed by atoms with E-state index in [0.29, 0.717) is 0 Å². The molecule has 0 fully saturated rings. The topological polar surface area (TPSA) is 38.7 Å². The summed E-state index contributed by atoms with van der Waals surface area (Å²) in [5.41, 5.74) is 11.3. The van der Waals surface area contributed by atoms with Crippen molar-refractivity contribution >= 4 is 0 Å². The van der Waals surface area contributed by atoms with Crippen LogP contribution in [0.3, 0.4) is 0 Å². The monoisotopic (exact) mass is 785 g/mol. The number of benzene rings is 4. The van der Waals surface area contributed by atoms with E-state index in [4.69, 9.17) is 0 Å². The van der Waals surface area contributed by atoms with Crippen LogP contribution in [0.1, 0.15) is 22.3 Å². The normalized spacial score (nSPS) is 10.3. The summed E-state index contributed by atoms with van der Waals surface area (Å²) < 4.78 is 0. The molecule has 3 aromatic heterocycles. The fourth-order valence-electron chi connectivity index (χ4n) is 5.16. The fourth-order valence-corrected chi connectivity index (χ4v) is 5.16. The zero-order valence-electron chi connectivity index (χ0n) is 26.0. The second-order valence-electron chi connectivity index (χ2n) is 11.0. The maximum Gasteiger partial charge on any atom is 3.00 e. The van der Waals surface area contributed by atoms with E-state index in [1.807, 2.05) is 103 Å². The molecule has 230 valence electrons. The molecule has 0 saturated carbocycles. The Labute approximate surface area is 291 Å². The van der Waals surface area contributed by atoms with Crippen LogP contribution >= 0.6 is 0 Å². The third kappa shape index (κ3) is 9.98. The Balaban J connectivity index is 0.000000280. The molecule has 0 saturated heterocycles. The average molecular weight is 785 g/mol. The summed E-state index contributed by atoms with van der Waals surface area (Å²) in [7, 11) is 0. The van der Waals surface area contributed by atoms with E-state index in [1.165, 1.54) is 22.3 Å². The van der Waals surface area contributed by atoms with Crippen LogP contribution in [0.4, 0.5) is 0 Å². The summed E-state index contributed by atoms with van der Waals surface area (Å²) in [4.78, 5) is 13.5. The summed E-state index contributed by atoms with van der Waals surface area (Å²) in [5, 5.41) is 0. The van der Waals surface area contributed by atoms with Crippen molar-refractivity contribution in [2.24, 2.45) is 0 Å². The zero-order chi connectivity index (χ0) is 31.2. The predicted molar refractivity (Wildman–Crippen MR) is 187 cm³/mol. The molecule has 3 nitrogen and oxygen atoms in total. The molecule has 0 aliphatic heterocycles. The zero-order valence-corrected chi connectivity index (χ0v) is 28.4. The summed E-state index contributed by atoms with van der Waals surface area (Å²) in [6.45, 7) is 0. The minimum absolute atomic E-state index is 0. The molecule has 7 rings (SSSR count). The molecular weight excluding hydrogens is 751 g/mol. The van der Waals surface area contributed by atoms with E-state index in [0.717, 1.165) is 59.5 Å². The van der Waals surface area contributed by atoms with Gasteiger partial charge in [-0.3, -0.25) is 0 Å². The minimum Gasteiger partial charge on any atom is -0.305 e. The van der Waals surface area contributed by atoms with Crippen molar-refractivity contribution in [2.75, 3.05) is 0 Å². The predicted octanol–water partition coefficient (Wildman–Crippen LogP) is 9.53. The smallest absolute Gasteiger partial charge is 0.305 e. The van der Waals surface area contributed by atoms with Gasteiger partial charge >= 0.3 is 20.1 Å². The molecule has 0 aliphatic carbocycles. The van der Waals surface area contributed by atoms with Crippen molar-refractivity contribution in [3.05, 3.63) is 199 Å². The third-order valence-corrected chi connectivity index (χ3v) is 7.67. The first-order valence-electron chi connectivity index (χ1n) is 15.6. The van der Waals surface area contributed by atoms with Crippen LogP contribution in [0.25, 0.3) is 33.8 Å². The second-order valence-corrected chi connectivity index (χ2v) is 11.0. The van der Waals surface area contributed by atoms with Crippen molar-refractivity contribution in [1.82, 2.24) is 15.0 Å². The van der Waals surface area contributed by atoms with Crippen LogP contribution in [0.2, 0.25) is 0 Å². The molecule has 4 aromatic carbocycles. The molecule has 47 heavy (non-hydrogen) atoms. The van der Waals surface area contributed by atoms with Crippen LogP contribution < -0.4 is 0 Å². The first-order valence-corrected chi connectivity index (χ1v) is 15.6. The largest absolute Gasteiger partial charge is 3.00 e. The van der Waals surface area contributed by atoms with Crippen LogP contribution in [0, 0.1) is 18.2 Å². The van der Waals surface area contributed by atoms with Crippen molar-refractivity contribution in [3.63, 3.8) is 0 Å². The van der Waals surface area contributed by atoms with E-state index in [9.17, 15) is 0 Å². The Morgan fingerprint density at radius 3 is 1.21 bits per heavy atom. The molecule has 0 atom stereocenters. The Morgan fingerprint density at radius 2 is 0.830 bits per heavy atom. The Morgan fingerprint density at radius 1 is 0.383 bits per heavy atom. The molecule has 0 radical (unpaired) electrons. The van der Waals surface area contributed by atoms with Crippen LogP contribution in [-0.4, -0.2) is 15.0 Å². The quantitative estimate of drug-likeness (QED) is 0.137. The van der Waals surface area contributed by atoms with E-state index < -0.39 is 0 Å². The van der Waals surface area contributed by atoms with Gasteiger partial charge in [-0.25, -0.2) is 0 Å². The standard InChI is InChI=1S/C32H26N2.C11H8N.Ir/c1-3-10-29(11-4-1)31-20-18-27(23-33-31)16-14-25-8-7-9-26(22-25)15-17-28-19-21-32(34-24-28)30-12-5-2-6-13-30;1-2-6-10(7-3-1)11-8-4-5-9-12-11;/h1-10,12,18-24H,14-17H2;1-6,8-9H;/q-2;-1;+3. The second kappa shape index (κ2) is 17.6. The summed E-state index contributed by atoms with van der Waals surface area (Å²) >= 11 is 0. The van der Waals surface area contributed by atoms with Crippen LogP contribution in [0.5, 0.6) is 0 Å². The van der Waals surface area contributed by atoms with Crippen molar-refractivity contribution in [2.45, 2.75) is 25.7 Å². The van der Waals surface area contributed by atoms with Crippen molar-refractivity contribution in [3.8, 4) is 33.8 Å². The SMILES string of the molecule is [Ir+3].[c-]1ccccc1-c1ccc(CCc2cccc(CCc3ccc(-c4[c-]cccc4)nc3)c2)cn1.[c-]1ccccc1-c1ccccn1. The van der Waals surface area contributed by atoms with Gasteiger partial charge in [0.05, 0.1) is 0 Å². The van der Waals surface area contributed by atoms with Gasteiger partial charge in [0.2, 0.25) is 0 Å². The summed E-state index contributed by atoms with van der Waals surface area (Å²) in [6, 6.07) is 56.7. The maximum absolute atomic E-state index is 4.63. The number of aromatic nitrogens is 3. The van der Waals surface area contributed by atoms with Gasteiger partial charge in [-0.1, -0.05) is 60.7 Å². The van der Waals surface area contributed by atoms with Gasteiger partial charge in [-0.05, 0) is 71.1 Å². The molecule has 3 heterocycles. The van der Waals surface area contributed by atoms with Crippen LogP contribution in [0.15, 0.2) is 158 Å². The molecule has 4 heteroatoms. The average Bonchev–Trinajstić information content (AvgIpc) is 3.15. The molecule has 0 aliphatic rings. The molecule has 0 amide bonds. The van der Waals surface area contributed by atoms with Gasteiger partial charge in [-0.15, -0.1) is 108 Å².